The van der Waals surface area contributed by atoms with Crippen LogP contribution in [0.1, 0.15) is 18.9 Å². The van der Waals surface area contributed by atoms with Crippen LogP contribution in [-0.2, 0) is 0 Å². The summed E-state index contributed by atoms with van der Waals surface area (Å²) in [6.07, 6.45) is 0. The van der Waals surface area contributed by atoms with Crippen LogP contribution in [-0.4, -0.2) is 17.2 Å². The van der Waals surface area contributed by atoms with Crippen molar-refractivity contribution in [1.29, 1.82) is 0 Å². The van der Waals surface area contributed by atoms with Crippen molar-refractivity contribution in [3.05, 3.63) is 33.6 Å². The molecular formula is C11H11BrClN3O. The Bertz CT molecular complexity index is 529. The van der Waals surface area contributed by atoms with Gasteiger partial charge in [-0.25, -0.2) is 0 Å². The fourth-order valence-corrected chi connectivity index (χ4v) is 1.71. The van der Waals surface area contributed by atoms with Crippen LogP contribution >= 0.6 is 27.5 Å². The standard InChI is InChI=1S/C11H11BrClN3O/c1-6(14-2)10-15-16-11(17-10)7-3-4-8(12)9(13)5-7/h3-6,14H,1-2H3. The first-order valence-electron chi connectivity index (χ1n) is 5.08. The number of nitrogens with zero attached hydrogens (tertiary/aromatic N) is 2. The van der Waals surface area contributed by atoms with Crippen molar-refractivity contribution in [2.45, 2.75) is 13.0 Å². The van der Waals surface area contributed by atoms with Gasteiger partial charge in [0.1, 0.15) is 0 Å². The molecule has 0 aliphatic heterocycles. The lowest BCUT2D eigenvalue weighted by molar-refractivity contribution is 0.441. The molecule has 2 rings (SSSR count). The molecule has 1 N–H and O–H groups in total. The third-order valence-electron chi connectivity index (χ3n) is 2.41. The molecule has 1 atom stereocenters. The first-order chi connectivity index (χ1) is 8.11. The van der Waals surface area contributed by atoms with Gasteiger partial charge in [0, 0.05) is 10.0 Å². The van der Waals surface area contributed by atoms with Crippen LogP contribution in [0.3, 0.4) is 0 Å². The number of hydrogen-bond acceptors (Lipinski definition) is 4. The Balaban J connectivity index is 2.33. The normalized spacial score (nSPS) is 12.7. The molecule has 6 heteroatoms. The van der Waals surface area contributed by atoms with Crippen LogP contribution < -0.4 is 5.32 Å². The minimum Gasteiger partial charge on any atom is -0.419 e. The highest BCUT2D eigenvalue weighted by molar-refractivity contribution is 9.10. The second-order valence-electron chi connectivity index (χ2n) is 3.58. The molecule has 1 unspecified atom stereocenters. The van der Waals surface area contributed by atoms with E-state index in [1.807, 2.05) is 26.1 Å². The summed E-state index contributed by atoms with van der Waals surface area (Å²) in [5, 5.41) is 11.6. The van der Waals surface area contributed by atoms with E-state index in [1.165, 1.54) is 0 Å². The van der Waals surface area contributed by atoms with Crippen molar-refractivity contribution >= 4 is 27.5 Å². The van der Waals surface area contributed by atoms with Gasteiger partial charge >= 0.3 is 0 Å². The Morgan fingerprint density at radius 1 is 1.41 bits per heavy atom. The molecule has 0 aliphatic carbocycles. The zero-order valence-electron chi connectivity index (χ0n) is 9.37. The second kappa shape index (κ2) is 5.16. The Labute approximate surface area is 113 Å². The fourth-order valence-electron chi connectivity index (χ4n) is 1.28. The van der Waals surface area contributed by atoms with Gasteiger partial charge in [-0.2, -0.15) is 0 Å². The molecule has 0 spiro atoms. The van der Waals surface area contributed by atoms with Crippen LogP contribution in [0.2, 0.25) is 5.02 Å². The molecule has 0 aliphatic rings. The van der Waals surface area contributed by atoms with E-state index in [-0.39, 0.29) is 6.04 Å². The monoisotopic (exact) mass is 315 g/mol. The fraction of sp³-hybridized carbons (Fsp3) is 0.273. The van der Waals surface area contributed by atoms with E-state index in [4.69, 9.17) is 16.0 Å². The molecule has 0 radical (unpaired) electrons. The average Bonchev–Trinajstić information content (AvgIpc) is 2.81. The topological polar surface area (TPSA) is 51.0 Å². The number of aromatic nitrogens is 2. The SMILES string of the molecule is CNC(C)c1nnc(-c2ccc(Br)c(Cl)c2)o1. The predicted molar refractivity (Wildman–Crippen MR) is 69.9 cm³/mol. The van der Waals surface area contributed by atoms with Crippen LogP contribution in [0, 0.1) is 0 Å². The summed E-state index contributed by atoms with van der Waals surface area (Å²) in [7, 11) is 1.84. The number of halogens is 2. The van der Waals surface area contributed by atoms with Gasteiger partial charge in [0.25, 0.3) is 0 Å². The van der Waals surface area contributed by atoms with Gasteiger partial charge in [-0.05, 0) is 48.1 Å². The Morgan fingerprint density at radius 3 is 2.82 bits per heavy atom. The summed E-state index contributed by atoms with van der Waals surface area (Å²) in [5.41, 5.74) is 0.806. The van der Waals surface area contributed by atoms with E-state index >= 15 is 0 Å². The summed E-state index contributed by atoms with van der Waals surface area (Å²) in [6.45, 7) is 1.95. The van der Waals surface area contributed by atoms with Crippen molar-refractivity contribution in [3.63, 3.8) is 0 Å². The zero-order chi connectivity index (χ0) is 12.4. The number of benzene rings is 1. The minimum absolute atomic E-state index is 0.0298. The highest BCUT2D eigenvalue weighted by atomic mass is 79.9. The third kappa shape index (κ3) is 2.68. The van der Waals surface area contributed by atoms with Gasteiger partial charge in [-0.1, -0.05) is 11.6 Å². The Hall–Kier alpha value is -0.910. The van der Waals surface area contributed by atoms with E-state index in [9.17, 15) is 0 Å². The largest absolute Gasteiger partial charge is 0.419 e. The van der Waals surface area contributed by atoms with Gasteiger partial charge in [0.2, 0.25) is 11.8 Å². The molecular weight excluding hydrogens is 305 g/mol. The average molecular weight is 317 g/mol. The van der Waals surface area contributed by atoms with Crippen LogP contribution in [0.25, 0.3) is 11.5 Å². The van der Waals surface area contributed by atoms with Crippen molar-refractivity contribution in [3.8, 4) is 11.5 Å². The van der Waals surface area contributed by atoms with Gasteiger partial charge in [0.05, 0.1) is 11.1 Å². The number of hydrogen-bond donors (Lipinski definition) is 1. The highest BCUT2D eigenvalue weighted by Crippen LogP contribution is 2.28. The van der Waals surface area contributed by atoms with E-state index in [1.54, 1.807) is 6.07 Å². The molecule has 90 valence electrons. The summed E-state index contributed by atoms with van der Waals surface area (Å²) in [5.74, 6) is 1.03. The van der Waals surface area contributed by atoms with Gasteiger partial charge in [-0.3, -0.25) is 0 Å². The lowest BCUT2D eigenvalue weighted by Crippen LogP contribution is -2.12. The molecule has 2 aromatic rings. The lowest BCUT2D eigenvalue weighted by atomic mass is 10.2. The van der Waals surface area contributed by atoms with Crippen molar-refractivity contribution < 1.29 is 4.42 Å². The smallest absolute Gasteiger partial charge is 0.247 e. The van der Waals surface area contributed by atoms with Gasteiger partial charge in [-0.15, -0.1) is 10.2 Å². The molecule has 1 aromatic heterocycles. The molecule has 0 saturated heterocycles. The number of rotatable bonds is 3. The first kappa shape index (κ1) is 12.5. The Morgan fingerprint density at radius 2 is 2.18 bits per heavy atom. The first-order valence-corrected chi connectivity index (χ1v) is 6.25. The maximum absolute atomic E-state index is 6.01. The maximum atomic E-state index is 6.01. The molecule has 4 nitrogen and oxygen atoms in total. The molecule has 0 amide bonds. The number of nitrogens with one attached hydrogen (secondary N) is 1. The maximum Gasteiger partial charge on any atom is 0.247 e. The molecule has 0 saturated carbocycles. The van der Waals surface area contributed by atoms with Crippen LogP contribution in [0.5, 0.6) is 0 Å². The highest BCUT2D eigenvalue weighted by Gasteiger charge is 2.13. The van der Waals surface area contributed by atoms with Gasteiger partial charge in [0.15, 0.2) is 0 Å². The van der Waals surface area contributed by atoms with E-state index in [0.717, 1.165) is 10.0 Å². The molecule has 1 heterocycles. The quantitative estimate of drug-likeness (QED) is 0.942. The lowest BCUT2D eigenvalue weighted by Gasteiger charge is -2.02. The zero-order valence-corrected chi connectivity index (χ0v) is 11.7. The summed E-state index contributed by atoms with van der Waals surface area (Å²) in [4.78, 5) is 0. The van der Waals surface area contributed by atoms with Crippen LogP contribution in [0.4, 0.5) is 0 Å². The van der Waals surface area contributed by atoms with Gasteiger partial charge < -0.3 is 9.73 Å². The van der Waals surface area contributed by atoms with Crippen LogP contribution in [0.15, 0.2) is 27.1 Å². The Kier molecular flexibility index (Phi) is 3.81. The van der Waals surface area contributed by atoms with E-state index in [2.05, 4.69) is 31.4 Å². The van der Waals surface area contributed by atoms with Crippen molar-refractivity contribution in [2.75, 3.05) is 7.05 Å². The molecule has 1 aromatic carbocycles. The molecule has 0 fully saturated rings. The summed E-state index contributed by atoms with van der Waals surface area (Å²) < 4.78 is 6.40. The summed E-state index contributed by atoms with van der Waals surface area (Å²) in [6, 6.07) is 5.54. The van der Waals surface area contributed by atoms with E-state index < -0.39 is 0 Å². The van der Waals surface area contributed by atoms with Crippen molar-refractivity contribution in [2.24, 2.45) is 0 Å². The molecule has 0 bridgehead atoms. The van der Waals surface area contributed by atoms with Crippen molar-refractivity contribution in [1.82, 2.24) is 15.5 Å². The molecule has 17 heavy (non-hydrogen) atoms. The predicted octanol–water partition coefficient (Wildman–Crippen LogP) is 3.43. The summed E-state index contributed by atoms with van der Waals surface area (Å²) >= 11 is 9.34. The second-order valence-corrected chi connectivity index (χ2v) is 4.85. The van der Waals surface area contributed by atoms with E-state index in [0.29, 0.717) is 16.8 Å². The minimum atomic E-state index is 0.0298. The third-order valence-corrected chi connectivity index (χ3v) is 3.64.